The minimum absolute atomic E-state index is 0.126. The van der Waals surface area contributed by atoms with Crippen LogP contribution in [0.5, 0.6) is 5.75 Å². The topological polar surface area (TPSA) is 29.5 Å². The number of nitrogens with zero attached hydrogens (tertiary/aromatic N) is 1. The smallest absolute Gasteiger partial charge is 0.226 e. The molecular formula is C26H37NO2. The van der Waals surface area contributed by atoms with Gasteiger partial charge in [-0.1, -0.05) is 76.1 Å². The fourth-order valence-corrected chi connectivity index (χ4v) is 3.53. The van der Waals surface area contributed by atoms with E-state index in [-0.39, 0.29) is 12.0 Å². The van der Waals surface area contributed by atoms with Crippen molar-refractivity contribution in [3.63, 3.8) is 0 Å². The van der Waals surface area contributed by atoms with Gasteiger partial charge in [-0.25, -0.2) is 0 Å². The average Bonchev–Trinajstić information content (AvgIpc) is 2.77. The Hall–Kier alpha value is -2.29. The molecule has 0 radical (unpaired) electrons. The number of carbonyl (C=O) groups is 1. The molecule has 0 heterocycles. The van der Waals surface area contributed by atoms with E-state index in [2.05, 4.69) is 56.9 Å². The summed E-state index contributed by atoms with van der Waals surface area (Å²) in [4.78, 5) is 15.3. The molecule has 0 aliphatic carbocycles. The number of hydrogen-bond donors (Lipinski definition) is 0. The normalized spacial score (nSPS) is 13.0. The highest BCUT2D eigenvalue weighted by atomic mass is 16.5. The second kappa shape index (κ2) is 12.3. The van der Waals surface area contributed by atoms with Crippen molar-refractivity contribution in [1.29, 1.82) is 0 Å². The van der Waals surface area contributed by atoms with Crippen molar-refractivity contribution in [2.45, 2.75) is 79.0 Å². The van der Waals surface area contributed by atoms with Crippen molar-refractivity contribution < 1.29 is 9.53 Å². The Bertz CT molecular complexity index is 728. The highest BCUT2D eigenvalue weighted by Gasteiger charge is 2.25. The first-order valence-electron chi connectivity index (χ1n) is 11.1. The van der Waals surface area contributed by atoms with Gasteiger partial charge >= 0.3 is 0 Å². The SMILES string of the molecule is CCCCC(CC)C(=O)N(Cc1cccc(OCc2ccccc2)c1)C(C)CC. The predicted octanol–water partition coefficient (Wildman–Crippen LogP) is 6.61. The zero-order valence-corrected chi connectivity index (χ0v) is 18.6. The van der Waals surface area contributed by atoms with E-state index in [1.165, 1.54) is 0 Å². The number of amides is 1. The molecule has 158 valence electrons. The Morgan fingerprint density at radius 3 is 2.34 bits per heavy atom. The van der Waals surface area contributed by atoms with Crippen LogP contribution in [-0.2, 0) is 17.9 Å². The van der Waals surface area contributed by atoms with Crippen LogP contribution in [0.25, 0.3) is 0 Å². The summed E-state index contributed by atoms with van der Waals surface area (Å²) < 4.78 is 5.98. The predicted molar refractivity (Wildman–Crippen MR) is 121 cm³/mol. The zero-order valence-electron chi connectivity index (χ0n) is 18.6. The highest BCUT2D eigenvalue weighted by molar-refractivity contribution is 5.79. The molecule has 0 aromatic heterocycles. The molecular weight excluding hydrogens is 358 g/mol. The Morgan fingerprint density at radius 1 is 0.966 bits per heavy atom. The van der Waals surface area contributed by atoms with E-state index in [9.17, 15) is 4.79 Å². The Morgan fingerprint density at radius 2 is 1.69 bits per heavy atom. The van der Waals surface area contributed by atoms with Crippen LogP contribution < -0.4 is 4.74 Å². The molecule has 29 heavy (non-hydrogen) atoms. The van der Waals surface area contributed by atoms with Crippen molar-refractivity contribution in [2.75, 3.05) is 0 Å². The van der Waals surface area contributed by atoms with Crippen LogP contribution in [0.1, 0.15) is 70.9 Å². The van der Waals surface area contributed by atoms with Gasteiger partial charge in [0.2, 0.25) is 5.91 Å². The van der Waals surface area contributed by atoms with E-state index < -0.39 is 0 Å². The summed E-state index contributed by atoms with van der Waals surface area (Å²) in [5.74, 6) is 1.27. The van der Waals surface area contributed by atoms with E-state index in [0.29, 0.717) is 19.1 Å². The Kier molecular flexibility index (Phi) is 9.76. The molecule has 0 N–H and O–H groups in total. The van der Waals surface area contributed by atoms with Crippen LogP contribution in [0.15, 0.2) is 54.6 Å². The van der Waals surface area contributed by atoms with Gasteiger partial charge in [-0.05, 0) is 49.4 Å². The van der Waals surface area contributed by atoms with E-state index in [1.54, 1.807) is 0 Å². The van der Waals surface area contributed by atoms with Crippen molar-refractivity contribution in [3.05, 3.63) is 65.7 Å². The van der Waals surface area contributed by atoms with Crippen molar-refractivity contribution >= 4 is 5.91 Å². The third kappa shape index (κ3) is 7.23. The monoisotopic (exact) mass is 395 g/mol. The molecule has 2 aromatic carbocycles. The lowest BCUT2D eigenvalue weighted by molar-refractivity contribution is -0.138. The average molecular weight is 396 g/mol. The Balaban J connectivity index is 2.09. The van der Waals surface area contributed by atoms with Crippen LogP contribution in [0.2, 0.25) is 0 Å². The molecule has 0 aliphatic heterocycles. The van der Waals surface area contributed by atoms with E-state index >= 15 is 0 Å². The summed E-state index contributed by atoms with van der Waals surface area (Å²) in [5, 5.41) is 0. The van der Waals surface area contributed by atoms with Gasteiger partial charge in [0.1, 0.15) is 12.4 Å². The lowest BCUT2D eigenvalue weighted by Crippen LogP contribution is -2.41. The maximum atomic E-state index is 13.3. The Labute approximate surface area is 177 Å². The summed E-state index contributed by atoms with van der Waals surface area (Å²) >= 11 is 0. The highest BCUT2D eigenvalue weighted by Crippen LogP contribution is 2.22. The largest absolute Gasteiger partial charge is 0.489 e. The number of rotatable bonds is 12. The van der Waals surface area contributed by atoms with E-state index in [4.69, 9.17) is 4.74 Å². The second-order valence-electron chi connectivity index (χ2n) is 7.89. The number of benzene rings is 2. The summed E-state index contributed by atoms with van der Waals surface area (Å²) in [6, 6.07) is 18.6. The van der Waals surface area contributed by atoms with Crippen molar-refractivity contribution in [2.24, 2.45) is 5.92 Å². The van der Waals surface area contributed by atoms with Crippen molar-refractivity contribution in [1.82, 2.24) is 4.90 Å². The number of carbonyl (C=O) groups excluding carboxylic acids is 1. The maximum absolute atomic E-state index is 13.3. The van der Waals surface area contributed by atoms with Gasteiger partial charge in [0, 0.05) is 18.5 Å². The molecule has 0 saturated heterocycles. The number of ether oxygens (including phenoxy) is 1. The van der Waals surface area contributed by atoms with Gasteiger partial charge in [-0.3, -0.25) is 4.79 Å². The molecule has 0 saturated carbocycles. The minimum Gasteiger partial charge on any atom is -0.489 e. The third-order valence-electron chi connectivity index (χ3n) is 5.65. The van der Waals surface area contributed by atoms with Gasteiger partial charge in [0.15, 0.2) is 0 Å². The molecule has 2 atom stereocenters. The molecule has 0 fully saturated rings. The lowest BCUT2D eigenvalue weighted by atomic mass is 9.96. The van der Waals surface area contributed by atoms with Gasteiger partial charge in [-0.15, -0.1) is 0 Å². The summed E-state index contributed by atoms with van der Waals surface area (Å²) in [7, 11) is 0. The third-order valence-corrected chi connectivity index (χ3v) is 5.65. The lowest BCUT2D eigenvalue weighted by Gasteiger charge is -2.32. The van der Waals surface area contributed by atoms with Gasteiger partial charge < -0.3 is 9.64 Å². The first kappa shape index (κ1) is 23.0. The molecule has 2 unspecified atom stereocenters. The van der Waals surface area contributed by atoms with E-state index in [1.807, 2.05) is 30.3 Å². The number of unbranched alkanes of at least 4 members (excludes halogenated alkanes) is 1. The molecule has 2 aromatic rings. The first-order chi connectivity index (χ1) is 14.1. The molecule has 1 amide bonds. The van der Waals surface area contributed by atoms with Crippen molar-refractivity contribution in [3.8, 4) is 5.75 Å². The standard InChI is InChI=1S/C26H37NO2/c1-5-8-16-24(7-3)26(28)27(21(4)6-2)19-23-15-12-17-25(18-23)29-20-22-13-10-9-11-14-22/h9-15,17-18,21,24H,5-8,16,19-20H2,1-4H3. The molecule has 0 bridgehead atoms. The number of hydrogen-bond acceptors (Lipinski definition) is 2. The molecule has 0 aliphatic rings. The van der Waals surface area contributed by atoms with Gasteiger partial charge in [0.25, 0.3) is 0 Å². The maximum Gasteiger partial charge on any atom is 0.226 e. The fourth-order valence-electron chi connectivity index (χ4n) is 3.53. The van der Waals surface area contributed by atoms with E-state index in [0.717, 1.165) is 49.0 Å². The summed E-state index contributed by atoms with van der Waals surface area (Å²) in [6.07, 6.45) is 5.10. The van der Waals surface area contributed by atoms with Crippen LogP contribution in [0.3, 0.4) is 0 Å². The second-order valence-corrected chi connectivity index (χ2v) is 7.89. The van der Waals surface area contributed by atoms with Gasteiger partial charge in [-0.2, -0.15) is 0 Å². The summed E-state index contributed by atoms with van der Waals surface area (Å²) in [6.45, 7) is 9.80. The van der Waals surface area contributed by atoms with Crippen LogP contribution >= 0.6 is 0 Å². The van der Waals surface area contributed by atoms with Crippen LogP contribution in [0, 0.1) is 5.92 Å². The summed E-state index contributed by atoms with van der Waals surface area (Å²) in [5.41, 5.74) is 2.27. The quantitative estimate of drug-likeness (QED) is 0.405. The molecule has 2 rings (SSSR count). The first-order valence-corrected chi connectivity index (χ1v) is 11.1. The van der Waals surface area contributed by atoms with Crippen LogP contribution in [0.4, 0.5) is 0 Å². The molecule has 0 spiro atoms. The molecule has 3 heteroatoms. The molecule has 3 nitrogen and oxygen atoms in total. The zero-order chi connectivity index (χ0) is 21.1. The fraction of sp³-hybridized carbons (Fsp3) is 0.500. The van der Waals surface area contributed by atoms with Crippen LogP contribution in [-0.4, -0.2) is 16.8 Å². The minimum atomic E-state index is 0.126. The van der Waals surface area contributed by atoms with Gasteiger partial charge in [0.05, 0.1) is 0 Å².